The van der Waals surface area contributed by atoms with Gasteiger partial charge in [-0.05, 0) is 22.8 Å². The molecule has 0 fully saturated rings. The van der Waals surface area contributed by atoms with Crippen LogP contribution < -0.4 is 0 Å². The Hall–Kier alpha value is 0.570. The number of allylic oxidation sites excluding steroid dienone is 1. The molecule has 0 saturated heterocycles. The van der Waals surface area contributed by atoms with Gasteiger partial charge < -0.3 is 0 Å². The number of thioether (sulfide) groups is 1. The van der Waals surface area contributed by atoms with Crippen molar-refractivity contribution in [3.63, 3.8) is 0 Å². The van der Waals surface area contributed by atoms with Crippen LogP contribution in [0.2, 0.25) is 0 Å². The van der Waals surface area contributed by atoms with Crippen molar-refractivity contribution in [3.05, 3.63) is 12.7 Å². The van der Waals surface area contributed by atoms with Crippen LogP contribution in [-0.2, 0) is 0 Å². The van der Waals surface area contributed by atoms with Crippen molar-refractivity contribution < 1.29 is 0 Å². The normalized spacial score (nSPS) is 16.1. The second-order valence-electron chi connectivity index (χ2n) is 3.66. The third-order valence-corrected chi connectivity index (χ3v) is 4.31. The number of alkyl halides is 1. The third-order valence-electron chi connectivity index (χ3n) is 1.92. The Balaban J connectivity index is 3.66. The highest BCUT2D eigenvalue weighted by molar-refractivity contribution is 9.09. The summed E-state index contributed by atoms with van der Waals surface area (Å²) < 4.78 is 0. The molecular weight excluding hydrogens is 232 g/mol. The molecule has 0 saturated carbocycles. The van der Waals surface area contributed by atoms with E-state index in [1.165, 1.54) is 12.2 Å². The van der Waals surface area contributed by atoms with E-state index >= 15 is 0 Å². The zero-order valence-electron chi connectivity index (χ0n) is 8.27. The van der Waals surface area contributed by atoms with Crippen LogP contribution in [0.5, 0.6) is 0 Å². The van der Waals surface area contributed by atoms with Crippen molar-refractivity contribution in [2.45, 2.75) is 32.4 Å². The molecule has 0 spiro atoms. The van der Waals surface area contributed by atoms with Crippen LogP contribution in [0.4, 0.5) is 0 Å². The van der Waals surface area contributed by atoms with E-state index in [2.05, 4.69) is 49.4 Å². The molecule has 0 aromatic heterocycles. The van der Waals surface area contributed by atoms with Gasteiger partial charge in [-0.1, -0.05) is 42.8 Å². The lowest BCUT2D eigenvalue weighted by atomic mass is 9.91. The second-order valence-corrected chi connectivity index (χ2v) is 5.91. The molecule has 0 N–H and O–H groups in total. The van der Waals surface area contributed by atoms with Crippen molar-refractivity contribution in [2.75, 3.05) is 11.1 Å². The van der Waals surface area contributed by atoms with E-state index in [4.69, 9.17) is 0 Å². The topological polar surface area (TPSA) is 0 Å². The maximum absolute atomic E-state index is 3.86. The summed E-state index contributed by atoms with van der Waals surface area (Å²) in [6, 6.07) is 0. The molecule has 1 atom stereocenters. The largest absolute Gasteiger partial charge is 0.159 e. The van der Waals surface area contributed by atoms with Gasteiger partial charge in [0.15, 0.2) is 0 Å². The molecule has 0 aliphatic carbocycles. The summed E-state index contributed by atoms with van der Waals surface area (Å²) in [5, 5.41) is 1.76. The average Bonchev–Trinajstić information content (AvgIpc) is 2.03. The minimum Gasteiger partial charge on any atom is -0.159 e. The predicted octanol–water partition coefficient (Wildman–Crippen LogP) is 4.11. The molecule has 0 aliphatic rings. The monoisotopic (exact) mass is 250 g/mol. The summed E-state index contributed by atoms with van der Waals surface area (Å²) >= 11 is 5.54. The first kappa shape index (κ1) is 12.6. The van der Waals surface area contributed by atoms with E-state index in [1.807, 2.05) is 11.8 Å². The summed E-state index contributed by atoms with van der Waals surface area (Å²) in [6.45, 7) is 10.6. The number of rotatable bonds is 6. The van der Waals surface area contributed by atoms with Gasteiger partial charge >= 0.3 is 0 Å². The van der Waals surface area contributed by atoms with Crippen LogP contribution in [0.3, 0.4) is 0 Å². The Kier molecular flexibility index (Phi) is 6.38. The van der Waals surface area contributed by atoms with Gasteiger partial charge in [0.2, 0.25) is 0 Å². The summed E-state index contributed by atoms with van der Waals surface area (Å²) in [5.41, 5.74) is 0.280. The van der Waals surface area contributed by atoms with Crippen molar-refractivity contribution in [1.29, 1.82) is 0 Å². The highest BCUT2D eigenvalue weighted by Crippen LogP contribution is 2.27. The number of halogens is 1. The third kappa shape index (κ3) is 5.26. The van der Waals surface area contributed by atoms with Gasteiger partial charge in [-0.15, -0.1) is 6.58 Å². The molecule has 2 heteroatoms. The predicted molar refractivity (Wildman–Crippen MR) is 64.3 cm³/mol. The smallest absolute Gasteiger partial charge is 0.0120 e. The molecule has 72 valence electrons. The molecule has 0 bridgehead atoms. The van der Waals surface area contributed by atoms with Crippen LogP contribution in [0, 0.1) is 5.41 Å². The quantitative estimate of drug-likeness (QED) is 0.505. The molecule has 0 aliphatic heterocycles. The lowest BCUT2D eigenvalue weighted by molar-refractivity contribution is 0.482. The first-order valence-corrected chi connectivity index (χ1v) is 6.52. The van der Waals surface area contributed by atoms with E-state index in [0.717, 1.165) is 10.6 Å². The van der Waals surface area contributed by atoms with Crippen LogP contribution in [0.1, 0.15) is 27.2 Å². The highest BCUT2D eigenvalue weighted by Gasteiger charge is 2.17. The Morgan fingerprint density at radius 1 is 1.58 bits per heavy atom. The molecule has 0 aromatic carbocycles. The second kappa shape index (κ2) is 6.09. The van der Waals surface area contributed by atoms with E-state index < -0.39 is 0 Å². The van der Waals surface area contributed by atoms with Crippen LogP contribution in [0.25, 0.3) is 0 Å². The summed E-state index contributed by atoms with van der Waals surface area (Å²) in [4.78, 5) is 0. The minimum absolute atomic E-state index is 0.280. The standard InChI is InChI=1S/C10H19BrS/c1-5-10(4,8-11)6-7-12-9(2)3/h5,9H,1,6-8H2,2-4H3. The Bertz CT molecular complexity index is 134. The van der Waals surface area contributed by atoms with Gasteiger partial charge in [0, 0.05) is 5.33 Å². The van der Waals surface area contributed by atoms with Gasteiger partial charge in [0.1, 0.15) is 0 Å². The Labute approximate surface area is 89.3 Å². The fourth-order valence-electron chi connectivity index (χ4n) is 0.751. The first-order chi connectivity index (χ1) is 5.54. The van der Waals surface area contributed by atoms with Gasteiger partial charge in [-0.2, -0.15) is 11.8 Å². The number of hydrogen-bond donors (Lipinski definition) is 0. The maximum atomic E-state index is 3.86. The van der Waals surface area contributed by atoms with Crippen molar-refractivity contribution in [2.24, 2.45) is 5.41 Å². The Morgan fingerprint density at radius 2 is 2.17 bits per heavy atom. The molecule has 12 heavy (non-hydrogen) atoms. The molecule has 0 heterocycles. The molecule has 0 rings (SSSR count). The zero-order valence-corrected chi connectivity index (χ0v) is 10.7. The van der Waals surface area contributed by atoms with Gasteiger partial charge in [-0.3, -0.25) is 0 Å². The van der Waals surface area contributed by atoms with E-state index in [1.54, 1.807) is 0 Å². The molecule has 1 unspecified atom stereocenters. The molecule has 0 amide bonds. The maximum Gasteiger partial charge on any atom is 0.0120 e. The van der Waals surface area contributed by atoms with Crippen molar-refractivity contribution >= 4 is 27.7 Å². The van der Waals surface area contributed by atoms with E-state index in [9.17, 15) is 0 Å². The average molecular weight is 251 g/mol. The molecule has 0 radical (unpaired) electrons. The van der Waals surface area contributed by atoms with Gasteiger partial charge in [0.05, 0.1) is 0 Å². The van der Waals surface area contributed by atoms with Gasteiger partial charge in [-0.25, -0.2) is 0 Å². The summed E-state index contributed by atoms with van der Waals surface area (Å²) in [7, 11) is 0. The van der Waals surface area contributed by atoms with Gasteiger partial charge in [0.25, 0.3) is 0 Å². The molecule has 0 aromatic rings. The highest BCUT2D eigenvalue weighted by atomic mass is 79.9. The van der Waals surface area contributed by atoms with E-state index in [-0.39, 0.29) is 5.41 Å². The SMILES string of the molecule is C=CC(C)(CBr)CCSC(C)C. The molecular formula is C10H19BrS. The fourth-order valence-corrected chi connectivity index (χ4v) is 2.32. The van der Waals surface area contributed by atoms with Crippen LogP contribution in [-0.4, -0.2) is 16.3 Å². The van der Waals surface area contributed by atoms with Crippen LogP contribution in [0.15, 0.2) is 12.7 Å². The first-order valence-electron chi connectivity index (χ1n) is 4.35. The molecule has 0 nitrogen and oxygen atoms in total. The van der Waals surface area contributed by atoms with Crippen molar-refractivity contribution in [1.82, 2.24) is 0 Å². The summed E-state index contributed by atoms with van der Waals surface area (Å²) in [5.74, 6) is 1.23. The Morgan fingerprint density at radius 3 is 2.50 bits per heavy atom. The number of hydrogen-bond acceptors (Lipinski definition) is 1. The van der Waals surface area contributed by atoms with E-state index in [0.29, 0.717) is 0 Å². The minimum atomic E-state index is 0.280. The lowest BCUT2D eigenvalue weighted by Gasteiger charge is -2.22. The van der Waals surface area contributed by atoms with Crippen molar-refractivity contribution in [3.8, 4) is 0 Å². The van der Waals surface area contributed by atoms with Crippen LogP contribution >= 0.6 is 27.7 Å². The summed E-state index contributed by atoms with van der Waals surface area (Å²) in [6.07, 6.45) is 3.27. The lowest BCUT2D eigenvalue weighted by Crippen LogP contribution is -2.15. The fraction of sp³-hybridized carbons (Fsp3) is 0.800. The zero-order chi connectivity index (χ0) is 9.61.